The van der Waals surface area contributed by atoms with Gasteiger partial charge < -0.3 is 23.8 Å². The molecule has 0 radical (unpaired) electrons. The maximum Gasteiger partial charge on any atom is 0.264 e. The van der Waals surface area contributed by atoms with Crippen molar-refractivity contribution in [3.05, 3.63) is 71.8 Å². The molecule has 1 saturated heterocycles. The first kappa shape index (κ1) is 25.8. The molecule has 0 bridgehead atoms. The predicted molar refractivity (Wildman–Crippen MR) is 145 cm³/mol. The number of piperazine rings is 1. The number of aromatic nitrogens is 2. The molecular weight excluding hydrogens is 482 g/mol. The van der Waals surface area contributed by atoms with Crippen LogP contribution in [0.1, 0.15) is 52.1 Å². The second kappa shape index (κ2) is 11.3. The highest BCUT2D eigenvalue weighted by atomic mass is 16.5. The van der Waals surface area contributed by atoms with Crippen molar-refractivity contribution in [1.29, 1.82) is 0 Å². The van der Waals surface area contributed by atoms with Gasteiger partial charge in [0.2, 0.25) is 0 Å². The molecule has 1 fully saturated rings. The molecule has 0 spiro atoms. The molecule has 0 saturated carbocycles. The van der Waals surface area contributed by atoms with Crippen LogP contribution in [0, 0.1) is 0 Å². The number of carbonyl (C=O) groups is 2. The Kier molecular flexibility index (Phi) is 7.64. The van der Waals surface area contributed by atoms with Crippen molar-refractivity contribution >= 4 is 17.5 Å². The first-order chi connectivity index (χ1) is 18.5. The number of methoxy groups -OCH3 is 2. The van der Waals surface area contributed by atoms with E-state index < -0.39 is 6.04 Å². The van der Waals surface area contributed by atoms with Crippen molar-refractivity contribution in [1.82, 2.24) is 19.4 Å². The minimum absolute atomic E-state index is 0.235. The summed E-state index contributed by atoms with van der Waals surface area (Å²) in [7, 11) is 3.18. The van der Waals surface area contributed by atoms with E-state index in [0.29, 0.717) is 29.0 Å². The van der Waals surface area contributed by atoms with Gasteiger partial charge in [0, 0.05) is 45.1 Å². The quantitative estimate of drug-likeness (QED) is 0.378. The van der Waals surface area contributed by atoms with Gasteiger partial charge in [0.1, 0.15) is 0 Å². The van der Waals surface area contributed by atoms with E-state index in [1.807, 2.05) is 41.1 Å². The number of carbonyl (C=O) groups excluding carboxylic acids is 2. The Balaban J connectivity index is 1.47. The average molecular weight is 518 g/mol. The number of nitrogens with zero attached hydrogens (tertiary/aromatic N) is 5. The van der Waals surface area contributed by atoms with Gasteiger partial charge in [-0.1, -0.05) is 19.1 Å². The molecule has 0 aliphatic carbocycles. The van der Waals surface area contributed by atoms with E-state index in [2.05, 4.69) is 21.7 Å². The Morgan fingerprint density at radius 3 is 2.45 bits per heavy atom. The molecular formula is C29H35N5O4. The third kappa shape index (κ3) is 4.86. The monoisotopic (exact) mass is 517 g/mol. The number of imidazole rings is 1. The molecule has 2 aromatic carbocycles. The third-order valence-corrected chi connectivity index (χ3v) is 7.64. The summed E-state index contributed by atoms with van der Waals surface area (Å²) in [5.41, 5.74) is 2.68. The van der Waals surface area contributed by atoms with Gasteiger partial charge in [-0.15, -0.1) is 0 Å². The number of anilines is 1. The Hall–Kier alpha value is -3.85. The summed E-state index contributed by atoms with van der Waals surface area (Å²) < 4.78 is 13.0. The molecule has 3 aromatic rings. The molecule has 9 heteroatoms. The van der Waals surface area contributed by atoms with E-state index in [9.17, 15) is 9.59 Å². The smallest absolute Gasteiger partial charge is 0.264 e. The molecule has 38 heavy (non-hydrogen) atoms. The fourth-order valence-electron chi connectivity index (χ4n) is 5.53. The number of amides is 2. The molecule has 1 aromatic heterocycles. The van der Waals surface area contributed by atoms with E-state index in [0.717, 1.165) is 56.9 Å². The Morgan fingerprint density at radius 2 is 1.76 bits per heavy atom. The van der Waals surface area contributed by atoms with Crippen molar-refractivity contribution in [3.8, 4) is 11.5 Å². The van der Waals surface area contributed by atoms with Crippen molar-refractivity contribution in [3.63, 3.8) is 0 Å². The summed E-state index contributed by atoms with van der Waals surface area (Å²) in [5.74, 6) is 0.683. The maximum absolute atomic E-state index is 14.1. The van der Waals surface area contributed by atoms with Gasteiger partial charge in [-0.3, -0.25) is 14.5 Å². The number of benzene rings is 2. The van der Waals surface area contributed by atoms with Crippen LogP contribution in [-0.2, 0) is 6.54 Å². The van der Waals surface area contributed by atoms with Crippen molar-refractivity contribution in [2.75, 3.05) is 51.8 Å². The highest BCUT2D eigenvalue weighted by Gasteiger charge is 2.43. The highest BCUT2D eigenvalue weighted by molar-refractivity contribution is 6.24. The number of aryl methyl sites for hydroxylation is 1. The van der Waals surface area contributed by atoms with Gasteiger partial charge in [0.05, 0.1) is 43.4 Å². The third-order valence-electron chi connectivity index (χ3n) is 7.64. The minimum Gasteiger partial charge on any atom is -0.493 e. The molecule has 5 rings (SSSR count). The summed E-state index contributed by atoms with van der Waals surface area (Å²) in [6.07, 6.45) is 6.80. The second-order valence-corrected chi connectivity index (χ2v) is 9.67. The summed E-state index contributed by atoms with van der Waals surface area (Å²) in [6, 6.07) is 10.8. The SMILES string of the molecule is CCN1CCN(c2cccc3c2C(=O)N([C@H](CCCn2ccnc2)c2ccc(OC)c(OC)c2)C3=O)CC1. The van der Waals surface area contributed by atoms with Crippen molar-refractivity contribution in [2.24, 2.45) is 0 Å². The number of fused-ring (bicyclic) bond motifs is 1. The number of likely N-dealkylation sites (N-methyl/N-ethyl adjacent to an activating group) is 1. The largest absolute Gasteiger partial charge is 0.493 e. The van der Waals surface area contributed by atoms with Crippen LogP contribution in [0.2, 0.25) is 0 Å². The molecule has 0 unspecified atom stereocenters. The van der Waals surface area contributed by atoms with E-state index in [1.165, 1.54) is 4.90 Å². The zero-order valence-electron chi connectivity index (χ0n) is 22.3. The molecule has 200 valence electrons. The lowest BCUT2D eigenvalue weighted by molar-refractivity contribution is 0.0571. The van der Waals surface area contributed by atoms with E-state index >= 15 is 0 Å². The zero-order chi connectivity index (χ0) is 26.6. The molecule has 3 heterocycles. The fraction of sp³-hybridized carbons (Fsp3) is 0.414. The van der Waals surface area contributed by atoms with Gasteiger partial charge in [-0.2, -0.15) is 0 Å². The topological polar surface area (TPSA) is 80.1 Å². The number of rotatable bonds is 10. The van der Waals surface area contributed by atoms with Crippen LogP contribution in [0.5, 0.6) is 11.5 Å². The first-order valence-corrected chi connectivity index (χ1v) is 13.2. The lowest BCUT2D eigenvalue weighted by atomic mass is 9.99. The molecule has 0 N–H and O–H groups in total. The van der Waals surface area contributed by atoms with Gasteiger partial charge in [0.25, 0.3) is 11.8 Å². The number of imide groups is 1. The standard InChI is InChI=1S/C29H35N5O4/c1-4-31-15-17-33(18-16-31)24-8-5-7-22-27(24)29(36)34(28(22)35)23(9-6-13-32-14-12-30-20-32)21-10-11-25(37-2)26(19-21)38-3/h5,7-8,10-12,14,19-20,23H,4,6,9,13,15-18H2,1-3H3/t23-/m1/s1. The summed E-state index contributed by atoms with van der Waals surface area (Å²) in [4.78, 5) is 38.1. The first-order valence-electron chi connectivity index (χ1n) is 13.2. The second-order valence-electron chi connectivity index (χ2n) is 9.67. The lowest BCUT2D eigenvalue weighted by Gasteiger charge is -2.36. The number of hydrogen-bond acceptors (Lipinski definition) is 7. The molecule has 2 aliphatic heterocycles. The average Bonchev–Trinajstić information content (AvgIpc) is 3.57. The Bertz CT molecular complexity index is 1280. The van der Waals surface area contributed by atoms with E-state index in [1.54, 1.807) is 32.8 Å². The molecule has 1 atom stereocenters. The van der Waals surface area contributed by atoms with Gasteiger partial charge in [-0.25, -0.2) is 4.98 Å². The van der Waals surface area contributed by atoms with E-state index in [-0.39, 0.29) is 11.8 Å². The molecule has 2 amide bonds. The van der Waals surface area contributed by atoms with Gasteiger partial charge in [0.15, 0.2) is 11.5 Å². The zero-order valence-corrected chi connectivity index (χ0v) is 22.3. The summed E-state index contributed by atoms with van der Waals surface area (Å²) in [6.45, 7) is 7.45. The van der Waals surface area contributed by atoms with Crippen LogP contribution in [0.15, 0.2) is 55.1 Å². The molecule has 2 aliphatic rings. The van der Waals surface area contributed by atoms with Crippen LogP contribution in [0.3, 0.4) is 0 Å². The Labute approximate surface area is 223 Å². The number of ether oxygens (including phenoxy) is 2. The Morgan fingerprint density at radius 1 is 0.974 bits per heavy atom. The number of hydrogen-bond donors (Lipinski definition) is 0. The van der Waals surface area contributed by atoms with Gasteiger partial charge in [-0.05, 0) is 49.2 Å². The van der Waals surface area contributed by atoms with Crippen LogP contribution in [0.25, 0.3) is 0 Å². The predicted octanol–water partition coefficient (Wildman–Crippen LogP) is 3.86. The lowest BCUT2D eigenvalue weighted by Crippen LogP contribution is -2.46. The normalized spacial score (nSPS) is 16.6. The molecule has 9 nitrogen and oxygen atoms in total. The van der Waals surface area contributed by atoms with Crippen molar-refractivity contribution < 1.29 is 19.1 Å². The van der Waals surface area contributed by atoms with Gasteiger partial charge >= 0.3 is 0 Å². The van der Waals surface area contributed by atoms with Crippen molar-refractivity contribution in [2.45, 2.75) is 32.4 Å². The van der Waals surface area contributed by atoms with Crippen LogP contribution < -0.4 is 14.4 Å². The summed E-state index contributed by atoms with van der Waals surface area (Å²) in [5, 5.41) is 0. The van der Waals surface area contributed by atoms with E-state index in [4.69, 9.17) is 9.47 Å². The maximum atomic E-state index is 14.1. The van der Waals surface area contributed by atoms with Crippen LogP contribution in [0.4, 0.5) is 5.69 Å². The van der Waals surface area contributed by atoms with Crippen LogP contribution in [-0.4, -0.2) is 78.1 Å². The summed E-state index contributed by atoms with van der Waals surface area (Å²) >= 11 is 0. The highest BCUT2D eigenvalue weighted by Crippen LogP contribution is 2.40. The fourth-order valence-corrected chi connectivity index (χ4v) is 5.53. The van der Waals surface area contributed by atoms with Crippen LogP contribution >= 0.6 is 0 Å². The minimum atomic E-state index is -0.449.